The van der Waals surface area contributed by atoms with Crippen molar-refractivity contribution in [1.29, 1.82) is 0 Å². The molecule has 8 heteroatoms. The summed E-state index contributed by atoms with van der Waals surface area (Å²) in [7, 11) is 0. The third kappa shape index (κ3) is 4.57. The van der Waals surface area contributed by atoms with Crippen LogP contribution in [-0.4, -0.2) is 29.3 Å². The number of aliphatic carboxylic acids is 1. The molecule has 2 amide bonds. The van der Waals surface area contributed by atoms with E-state index in [-0.39, 0.29) is 18.6 Å². The van der Waals surface area contributed by atoms with Gasteiger partial charge >= 0.3 is 18.6 Å². The predicted molar refractivity (Wildman–Crippen MR) is 76.2 cm³/mol. The molecular formula is C14H18F2N2O4. The van der Waals surface area contributed by atoms with E-state index in [4.69, 9.17) is 0 Å². The number of carboxylic acid groups (broad SMARTS) is 1. The first kappa shape index (κ1) is 17.7. The van der Waals surface area contributed by atoms with Crippen LogP contribution in [0.5, 0.6) is 5.75 Å². The summed E-state index contributed by atoms with van der Waals surface area (Å²) < 4.78 is 28.2. The fourth-order valence-corrected chi connectivity index (χ4v) is 1.88. The van der Waals surface area contributed by atoms with Crippen LogP contribution >= 0.6 is 0 Å². The highest BCUT2D eigenvalue weighted by molar-refractivity contribution is 5.93. The number of amides is 2. The molecule has 0 heterocycles. The van der Waals surface area contributed by atoms with Gasteiger partial charge in [0.1, 0.15) is 11.3 Å². The van der Waals surface area contributed by atoms with Crippen molar-refractivity contribution in [2.24, 2.45) is 0 Å². The van der Waals surface area contributed by atoms with E-state index < -0.39 is 24.2 Å². The van der Waals surface area contributed by atoms with Crippen molar-refractivity contribution in [3.63, 3.8) is 0 Å². The zero-order valence-corrected chi connectivity index (χ0v) is 12.2. The van der Waals surface area contributed by atoms with Crippen molar-refractivity contribution < 1.29 is 28.2 Å². The second kappa shape index (κ2) is 7.58. The number of rotatable bonds is 7. The average molecular weight is 316 g/mol. The average Bonchev–Trinajstić information content (AvgIpc) is 2.46. The number of halogens is 2. The topological polar surface area (TPSA) is 87.7 Å². The number of anilines is 1. The maximum absolute atomic E-state index is 12.0. The maximum atomic E-state index is 12.0. The molecule has 22 heavy (non-hydrogen) atoms. The number of urea groups is 1. The summed E-state index contributed by atoms with van der Waals surface area (Å²) in [6.07, 6.45) is 0.459. The van der Waals surface area contributed by atoms with Gasteiger partial charge in [-0.05, 0) is 37.1 Å². The Balaban J connectivity index is 2.70. The van der Waals surface area contributed by atoms with Crippen LogP contribution in [-0.2, 0) is 4.79 Å². The first-order valence-electron chi connectivity index (χ1n) is 6.70. The minimum atomic E-state index is -2.92. The number of carboxylic acids is 1. The van der Waals surface area contributed by atoms with Crippen LogP contribution in [0, 0.1) is 0 Å². The molecule has 0 radical (unpaired) electrons. The molecule has 0 spiro atoms. The third-order valence-corrected chi connectivity index (χ3v) is 3.31. The summed E-state index contributed by atoms with van der Waals surface area (Å²) in [6, 6.07) is 4.60. The van der Waals surface area contributed by atoms with Crippen molar-refractivity contribution in [3.05, 3.63) is 24.3 Å². The normalized spacial score (nSPS) is 11.1. The Bertz CT molecular complexity index is 516. The monoisotopic (exact) mass is 316 g/mol. The summed E-state index contributed by atoms with van der Waals surface area (Å²) in [5.41, 5.74) is -1.02. The van der Waals surface area contributed by atoms with E-state index in [9.17, 15) is 23.5 Å². The molecule has 0 aliphatic carbocycles. The van der Waals surface area contributed by atoms with Crippen molar-refractivity contribution in [2.75, 3.05) is 5.32 Å². The van der Waals surface area contributed by atoms with Gasteiger partial charge < -0.3 is 20.5 Å². The van der Waals surface area contributed by atoms with Gasteiger partial charge in [-0.1, -0.05) is 13.8 Å². The van der Waals surface area contributed by atoms with Crippen molar-refractivity contribution in [2.45, 2.75) is 38.8 Å². The van der Waals surface area contributed by atoms with Gasteiger partial charge in [0, 0.05) is 5.69 Å². The Morgan fingerprint density at radius 3 is 2.18 bits per heavy atom. The SMILES string of the molecule is CCC(CC)(NC(=O)Nc1ccc(OC(F)F)cc1)C(=O)O. The van der Waals surface area contributed by atoms with E-state index in [2.05, 4.69) is 15.4 Å². The van der Waals surface area contributed by atoms with E-state index in [1.807, 2.05) is 0 Å². The fraction of sp³-hybridized carbons (Fsp3) is 0.429. The zero-order chi connectivity index (χ0) is 16.8. The van der Waals surface area contributed by atoms with Crippen LogP contribution < -0.4 is 15.4 Å². The molecule has 0 bridgehead atoms. The number of hydrogen-bond donors (Lipinski definition) is 3. The van der Waals surface area contributed by atoms with Gasteiger partial charge in [-0.15, -0.1) is 0 Å². The van der Waals surface area contributed by atoms with E-state index in [0.29, 0.717) is 5.69 Å². The third-order valence-electron chi connectivity index (χ3n) is 3.31. The van der Waals surface area contributed by atoms with Crippen molar-refractivity contribution in [1.82, 2.24) is 5.32 Å². The van der Waals surface area contributed by atoms with Gasteiger partial charge in [0.25, 0.3) is 0 Å². The van der Waals surface area contributed by atoms with Gasteiger partial charge in [-0.25, -0.2) is 9.59 Å². The Hall–Kier alpha value is -2.38. The molecule has 3 N–H and O–H groups in total. The van der Waals surface area contributed by atoms with E-state index >= 15 is 0 Å². The van der Waals surface area contributed by atoms with Crippen LogP contribution in [0.2, 0.25) is 0 Å². The number of ether oxygens (including phenoxy) is 1. The van der Waals surface area contributed by atoms with Crippen LogP contribution in [0.25, 0.3) is 0 Å². The Kier molecular flexibility index (Phi) is 6.09. The molecular weight excluding hydrogens is 298 g/mol. The molecule has 0 atom stereocenters. The number of carbonyl (C=O) groups is 2. The van der Waals surface area contributed by atoms with E-state index in [1.165, 1.54) is 24.3 Å². The Morgan fingerprint density at radius 1 is 1.23 bits per heavy atom. The minimum Gasteiger partial charge on any atom is -0.480 e. The second-order valence-corrected chi connectivity index (χ2v) is 4.58. The molecule has 0 saturated heterocycles. The molecule has 0 saturated carbocycles. The lowest BCUT2D eigenvalue weighted by Gasteiger charge is -2.28. The molecule has 1 rings (SSSR count). The first-order valence-corrected chi connectivity index (χ1v) is 6.70. The predicted octanol–water partition coefficient (Wildman–Crippen LogP) is 3.05. The summed E-state index contributed by atoms with van der Waals surface area (Å²) in [5, 5.41) is 14.1. The minimum absolute atomic E-state index is 0.0389. The number of hydrogen-bond acceptors (Lipinski definition) is 3. The van der Waals surface area contributed by atoms with Gasteiger partial charge in [0.2, 0.25) is 0 Å². The number of carbonyl (C=O) groups excluding carboxylic acids is 1. The standard InChI is InChI=1S/C14H18F2N2O4/c1-3-14(4-2,11(19)20)18-13(21)17-9-5-7-10(8-6-9)22-12(15)16/h5-8,12H,3-4H2,1-2H3,(H,19,20)(H2,17,18,21). The molecule has 0 aliphatic rings. The summed E-state index contributed by atoms with van der Waals surface area (Å²) >= 11 is 0. The van der Waals surface area contributed by atoms with Crippen LogP contribution in [0.1, 0.15) is 26.7 Å². The lowest BCUT2D eigenvalue weighted by Crippen LogP contribution is -2.54. The fourth-order valence-electron chi connectivity index (χ4n) is 1.88. The molecule has 122 valence electrons. The van der Waals surface area contributed by atoms with Crippen LogP contribution in [0.3, 0.4) is 0 Å². The van der Waals surface area contributed by atoms with Crippen LogP contribution in [0.4, 0.5) is 19.3 Å². The lowest BCUT2D eigenvalue weighted by atomic mass is 9.93. The first-order chi connectivity index (χ1) is 10.3. The molecule has 0 aromatic heterocycles. The highest BCUT2D eigenvalue weighted by Gasteiger charge is 2.36. The molecule has 6 nitrogen and oxygen atoms in total. The Labute approximate surface area is 126 Å². The van der Waals surface area contributed by atoms with E-state index in [1.54, 1.807) is 13.8 Å². The largest absolute Gasteiger partial charge is 0.480 e. The van der Waals surface area contributed by atoms with Crippen molar-refractivity contribution >= 4 is 17.7 Å². The zero-order valence-electron chi connectivity index (χ0n) is 12.2. The second-order valence-electron chi connectivity index (χ2n) is 4.58. The number of alkyl halides is 2. The summed E-state index contributed by atoms with van der Waals surface area (Å²) in [6.45, 7) is 0.398. The van der Waals surface area contributed by atoms with Gasteiger partial charge in [-0.3, -0.25) is 0 Å². The lowest BCUT2D eigenvalue weighted by molar-refractivity contribution is -0.144. The molecule has 0 unspecified atom stereocenters. The maximum Gasteiger partial charge on any atom is 0.387 e. The molecule has 1 aromatic carbocycles. The molecule has 1 aromatic rings. The van der Waals surface area contributed by atoms with Gasteiger partial charge in [-0.2, -0.15) is 8.78 Å². The quantitative estimate of drug-likeness (QED) is 0.721. The summed E-state index contributed by atoms with van der Waals surface area (Å²) in [5.74, 6) is -1.16. The Morgan fingerprint density at radius 2 is 1.77 bits per heavy atom. The van der Waals surface area contributed by atoms with Crippen LogP contribution in [0.15, 0.2) is 24.3 Å². The van der Waals surface area contributed by atoms with Gasteiger partial charge in [0.05, 0.1) is 0 Å². The molecule has 0 aliphatic heterocycles. The smallest absolute Gasteiger partial charge is 0.387 e. The highest BCUT2D eigenvalue weighted by atomic mass is 19.3. The highest BCUT2D eigenvalue weighted by Crippen LogP contribution is 2.19. The van der Waals surface area contributed by atoms with Crippen molar-refractivity contribution in [3.8, 4) is 5.75 Å². The number of benzene rings is 1. The molecule has 0 fully saturated rings. The number of nitrogens with one attached hydrogen (secondary N) is 2. The van der Waals surface area contributed by atoms with Gasteiger partial charge in [0.15, 0.2) is 0 Å². The van der Waals surface area contributed by atoms with E-state index in [0.717, 1.165) is 0 Å². The summed E-state index contributed by atoms with van der Waals surface area (Å²) in [4.78, 5) is 23.2.